The van der Waals surface area contributed by atoms with Gasteiger partial charge in [0.1, 0.15) is 0 Å². The molecule has 0 N–H and O–H groups in total. The van der Waals surface area contributed by atoms with E-state index in [0.29, 0.717) is 0 Å². The van der Waals surface area contributed by atoms with Gasteiger partial charge in [0.05, 0.1) is 6.54 Å². The van der Waals surface area contributed by atoms with Gasteiger partial charge >= 0.3 is 0 Å². The van der Waals surface area contributed by atoms with Gasteiger partial charge in [-0.2, -0.15) is 4.28 Å². The van der Waals surface area contributed by atoms with Crippen LogP contribution in [0.15, 0.2) is 30.3 Å². The summed E-state index contributed by atoms with van der Waals surface area (Å²) < 4.78 is 5.28. The van der Waals surface area contributed by atoms with Crippen LogP contribution in [0.4, 0.5) is 0 Å². The van der Waals surface area contributed by atoms with Gasteiger partial charge in [0.2, 0.25) is 0 Å². The third kappa shape index (κ3) is 5.06. The first-order valence-electron chi connectivity index (χ1n) is 5.08. The fraction of sp³-hybridized carbons (Fsp3) is 0.455. The van der Waals surface area contributed by atoms with Crippen molar-refractivity contribution in [1.82, 2.24) is 5.23 Å². The van der Waals surface area contributed by atoms with Gasteiger partial charge in [0.25, 0.3) is 0 Å². The Balaban J connectivity index is 2.43. The van der Waals surface area contributed by atoms with E-state index in [1.165, 1.54) is 17.3 Å². The lowest BCUT2D eigenvalue weighted by Gasteiger charge is -2.19. The Morgan fingerprint density at radius 3 is 2.60 bits per heavy atom. The van der Waals surface area contributed by atoms with Crippen LogP contribution in [-0.2, 0) is 4.28 Å². The van der Waals surface area contributed by atoms with E-state index in [4.69, 9.17) is 9.12 Å². The van der Waals surface area contributed by atoms with Gasteiger partial charge in [-0.25, -0.2) is 0 Å². The Bertz CT molecular complexity index is 256. The molecule has 15 heavy (non-hydrogen) atoms. The smallest absolute Gasteiger partial charge is 0.150 e. The third-order valence-electron chi connectivity index (χ3n) is 1.80. The summed E-state index contributed by atoms with van der Waals surface area (Å²) in [5.41, 5.74) is 0. The van der Waals surface area contributed by atoms with Crippen LogP contribution in [0.3, 0.4) is 0 Å². The number of benzene rings is 1. The predicted octanol–water partition coefficient (Wildman–Crippen LogP) is 3.29. The van der Waals surface area contributed by atoms with Crippen LogP contribution in [0.1, 0.15) is 19.8 Å². The Labute approximate surface area is 95.5 Å². The van der Waals surface area contributed by atoms with Crippen LogP contribution in [-0.4, -0.2) is 18.0 Å². The summed E-state index contributed by atoms with van der Waals surface area (Å²) >= 11 is 1.28. The zero-order valence-electron chi connectivity index (χ0n) is 9.18. The number of para-hydroxylation sites is 1. The summed E-state index contributed by atoms with van der Waals surface area (Å²) in [5, 5.41) is 1.52. The minimum Gasteiger partial charge on any atom is -0.380 e. The summed E-state index contributed by atoms with van der Waals surface area (Å²) in [5.74, 6) is 0.794. The average Bonchev–Trinajstić information content (AvgIpc) is 2.28. The Morgan fingerprint density at radius 1 is 1.27 bits per heavy atom. The molecule has 0 unspecified atom stereocenters. The van der Waals surface area contributed by atoms with Gasteiger partial charge in [-0.1, -0.05) is 31.5 Å². The highest BCUT2D eigenvalue weighted by Crippen LogP contribution is 2.13. The van der Waals surface area contributed by atoms with E-state index in [9.17, 15) is 0 Å². The van der Waals surface area contributed by atoms with Gasteiger partial charge in [0, 0.05) is 18.3 Å². The molecule has 1 rings (SSSR count). The molecule has 0 fully saturated rings. The highest BCUT2D eigenvalue weighted by Gasteiger charge is 2.06. The second-order valence-electron chi connectivity index (χ2n) is 3.06. The first-order chi connectivity index (χ1) is 7.36. The molecular formula is C11H17NO2S. The van der Waals surface area contributed by atoms with Crippen molar-refractivity contribution in [3.63, 3.8) is 0 Å². The summed E-state index contributed by atoms with van der Waals surface area (Å²) in [4.78, 5) is 5.55. The maximum Gasteiger partial charge on any atom is 0.150 e. The van der Waals surface area contributed by atoms with E-state index in [1.54, 1.807) is 0 Å². The number of hydrogen-bond acceptors (Lipinski definition) is 4. The highest BCUT2D eigenvalue weighted by molar-refractivity contribution is 7.93. The normalized spacial score (nSPS) is 10.6. The van der Waals surface area contributed by atoms with Gasteiger partial charge in [-0.15, -0.1) is 0 Å². The van der Waals surface area contributed by atoms with E-state index in [0.717, 1.165) is 25.1 Å². The van der Waals surface area contributed by atoms with Crippen LogP contribution in [0.25, 0.3) is 0 Å². The van der Waals surface area contributed by atoms with Gasteiger partial charge in [0.15, 0.2) is 5.75 Å². The summed E-state index contributed by atoms with van der Waals surface area (Å²) in [6.45, 7) is 2.91. The lowest BCUT2D eigenvalue weighted by atomic mass is 10.3. The number of hydroxylamine groups is 2. The first kappa shape index (κ1) is 12.4. The molecule has 1 aromatic rings. The number of unbranched alkanes of at least 4 members (excludes halogenated alkanes) is 1. The van der Waals surface area contributed by atoms with Crippen LogP contribution in [0.5, 0.6) is 5.75 Å². The van der Waals surface area contributed by atoms with E-state index >= 15 is 0 Å². The van der Waals surface area contributed by atoms with Crippen LogP contribution in [0, 0.1) is 0 Å². The lowest BCUT2D eigenvalue weighted by Crippen LogP contribution is -2.26. The third-order valence-corrected chi connectivity index (χ3v) is 2.12. The van der Waals surface area contributed by atoms with E-state index in [2.05, 4.69) is 6.92 Å². The molecule has 1 aromatic carbocycles. The average molecular weight is 227 g/mol. The molecule has 0 heterocycles. The van der Waals surface area contributed by atoms with Crippen molar-refractivity contribution >= 4 is 12.0 Å². The SMILES string of the molecule is CCCCN(OSC)Oc1ccccc1. The molecule has 0 saturated heterocycles. The number of rotatable bonds is 7. The molecule has 0 aliphatic carbocycles. The monoisotopic (exact) mass is 227 g/mol. The fourth-order valence-corrected chi connectivity index (χ4v) is 1.34. The van der Waals surface area contributed by atoms with Gasteiger partial charge in [-0.05, 0) is 23.8 Å². The molecule has 0 amide bonds. The second kappa shape index (κ2) is 7.56. The van der Waals surface area contributed by atoms with Crippen molar-refractivity contribution in [2.45, 2.75) is 19.8 Å². The Morgan fingerprint density at radius 2 is 2.00 bits per heavy atom. The van der Waals surface area contributed by atoms with Crippen molar-refractivity contribution in [3.05, 3.63) is 30.3 Å². The number of hydrogen-bond donors (Lipinski definition) is 0. The van der Waals surface area contributed by atoms with Gasteiger partial charge in [-0.3, -0.25) is 0 Å². The van der Waals surface area contributed by atoms with Crippen molar-refractivity contribution in [3.8, 4) is 5.75 Å². The molecule has 0 aliphatic heterocycles. The molecule has 84 valence electrons. The first-order valence-corrected chi connectivity index (χ1v) is 6.23. The largest absolute Gasteiger partial charge is 0.380 e. The van der Waals surface area contributed by atoms with Crippen LogP contribution < -0.4 is 4.84 Å². The molecule has 0 aliphatic rings. The standard InChI is InChI=1S/C11H17NO2S/c1-3-4-10-12(14-15-2)13-11-8-6-5-7-9-11/h5-9H,3-4,10H2,1-2H3. The van der Waals surface area contributed by atoms with Crippen LogP contribution >= 0.6 is 12.0 Å². The van der Waals surface area contributed by atoms with E-state index in [-0.39, 0.29) is 0 Å². The lowest BCUT2D eigenvalue weighted by molar-refractivity contribution is -0.246. The zero-order chi connectivity index (χ0) is 10.9. The molecule has 0 radical (unpaired) electrons. The molecule has 0 bridgehead atoms. The quantitative estimate of drug-likeness (QED) is 0.526. The fourth-order valence-electron chi connectivity index (χ4n) is 1.07. The molecule has 0 saturated carbocycles. The summed E-state index contributed by atoms with van der Waals surface area (Å²) in [7, 11) is 0. The minimum atomic E-state index is 0.770. The molecule has 3 nitrogen and oxygen atoms in total. The van der Waals surface area contributed by atoms with Crippen molar-refractivity contribution in [2.24, 2.45) is 0 Å². The number of nitrogens with zero attached hydrogens (tertiary/aromatic N) is 1. The van der Waals surface area contributed by atoms with Crippen LogP contribution in [0.2, 0.25) is 0 Å². The van der Waals surface area contributed by atoms with Crippen molar-refractivity contribution in [1.29, 1.82) is 0 Å². The molecule has 4 heteroatoms. The Kier molecular flexibility index (Phi) is 6.23. The highest BCUT2D eigenvalue weighted by atomic mass is 32.2. The maximum absolute atomic E-state index is 5.55. The zero-order valence-corrected chi connectivity index (χ0v) is 10.00. The molecular weight excluding hydrogens is 210 g/mol. The molecule has 0 aromatic heterocycles. The topological polar surface area (TPSA) is 21.7 Å². The summed E-state index contributed by atoms with van der Waals surface area (Å²) in [6.07, 6.45) is 4.03. The van der Waals surface area contributed by atoms with Crippen molar-refractivity contribution < 1.29 is 9.12 Å². The van der Waals surface area contributed by atoms with E-state index in [1.807, 2.05) is 36.6 Å². The summed E-state index contributed by atoms with van der Waals surface area (Å²) in [6, 6.07) is 9.64. The predicted molar refractivity (Wildman–Crippen MR) is 63.3 cm³/mol. The van der Waals surface area contributed by atoms with E-state index < -0.39 is 0 Å². The molecule has 0 spiro atoms. The maximum atomic E-state index is 5.55. The van der Waals surface area contributed by atoms with Gasteiger partial charge < -0.3 is 4.84 Å². The van der Waals surface area contributed by atoms with Crippen molar-refractivity contribution in [2.75, 3.05) is 12.8 Å². The Hall–Kier alpha value is -0.710. The second-order valence-corrected chi connectivity index (χ2v) is 3.54. The minimum absolute atomic E-state index is 0.770. The molecule has 0 atom stereocenters.